The highest BCUT2D eigenvalue weighted by atomic mass is 127. The Morgan fingerprint density at radius 2 is 2.04 bits per heavy atom. The number of rotatable bonds is 6. The fraction of sp³-hybridized carbons (Fsp3) is 0.167. The Bertz CT molecular complexity index is 980. The van der Waals surface area contributed by atoms with E-state index < -0.39 is 0 Å². The van der Waals surface area contributed by atoms with E-state index in [1.54, 1.807) is 18.0 Å². The average molecular weight is 480 g/mol. The van der Waals surface area contributed by atoms with E-state index in [0.717, 1.165) is 22.6 Å². The number of aryl methyl sites for hydroxylation is 1. The second kappa shape index (κ2) is 8.45. The van der Waals surface area contributed by atoms with Gasteiger partial charge < -0.3 is 9.47 Å². The van der Waals surface area contributed by atoms with Gasteiger partial charge >= 0.3 is 0 Å². The summed E-state index contributed by atoms with van der Waals surface area (Å²) in [6.45, 7) is 2.23. The van der Waals surface area contributed by atoms with Crippen LogP contribution in [0.5, 0.6) is 11.5 Å². The van der Waals surface area contributed by atoms with Crippen LogP contribution >= 0.6 is 34.8 Å². The molecule has 0 bridgehead atoms. The van der Waals surface area contributed by atoms with Crippen molar-refractivity contribution in [3.8, 4) is 11.5 Å². The Kier molecular flexibility index (Phi) is 6.04. The standard InChI is InChI=1S/C18H17IN4O2S/c1-12-21-22-18(26)23(12)20-10-13-3-8-17(24-2)14(9-13)11-25-16-6-4-15(19)5-7-16/h3-10H,11H2,1-2H3,(H,22,26). The van der Waals surface area contributed by atoms with Crippen LogP contribution in [0.25, 0.3) is 0 Å². The number of H-pyrrole nitrogens is 1. The van der Waals surface area contributed by atoms with Gasteiger partial charge in [0.1, 0.15) is 23.9 Å². The summed E-state index contributed by atoms with van der Waals surface area (Å²) in [6, 6.07) is 13.7. The van der Waals surface area contributed by atoms with Gasteiger partial charge in [-0.25, -0.2) is 0 Å². The van der Waals surface area contributed by atoms with Crippen molar-refractivity contribution in [3.63, 3.8) is 0 Å². The third-order valence-electron chi connectivity index (χ3n) is 3.65. The monoisotopic (exact) mass is 480 g/mol. The number of nitrogens with zero attached hydrogens (tertiary/aromatic N) is 3. The molecule has 0 saturated carbocycles. The van der Waals surface area contributed by atoms with Gasteiger partial charge in [-0.05, 0) is 89.8 Å². The Balaban J connectivity index is 1.79. The number of benzene rings is 2. The quantitative estimate of drug-likeness (QED) is 0.324. The summed E-state index contributed by atoms with van der Waals surface area (Å²) in [5.41, 5.74) is 1.84. The lowest BCUT2D eigenvalue weighted by atomic mass is 10.1. The molecule has 3 rings (SSSR count). The van der Waals surface area contributed by atoms with Gasteiger partial charge in [0.25, 0.3) is 0 Å². The van der Waals surface area contributed by atoms with Crippen LogP contribution < -0.4 is 9.47 Å². The zero-order chi connectivity index (χ0) is 18.5. The van der Waals surface area contributed by atoms with E-state index in [1.807, 2.05) is 49.4 Å². The van der Waals surface area contributed by atoms with Crippen LogP contribution in [-0.2, 0) is 6.61 Å². The van der Waals surface area contributed by atoms with Crippen molar-refractivity contribution < 1.29 is 9.47 Å². The van der Waals surface area contributed by atoms with Gasteiger partial charge in [-0.1, -0.05) is 0 Å². The van der Waals surface area contributed by atoms with Crippen LogP contribution in [0.4, 0.5) is 0 Å². The molecule has 8 heteroatoms. The zero-order valence-corrected chi connectivity index (χ0v) is 17.2. The first-order valence-electron chi connectivity index (χ1n) is 7.80. The number of methoxy groups -OCH3 is 1. The number of aromatic amines is 1. The molecule has 1 heterocycles. The van der Waals surface area contributed by atoms with Gasteiger partial charge in [-0.3, -0.25) is 5.10 Å². The summed E-state index contributed by atoms with van der Waals surface area (Å²) < 4.78 is 14.5. The van der Waals surface area contributed by atoms with Crippen molar-refractivity contribution in [2.75, 3.05) is 7.11 Å². The molecule has 0 amide bonds. The SMILES string of the molecule is COc1ccc(C=Nn2c(C)n[nH]c2=S)cc1COc1ccc(I)cc1. The van der Waals surface area contributed by atoms with Crippen LogP contribution in [0.15, 0.2) is 47.6 Å². The van der Waals surface area contributed by atoms with Gasteiger partial charge in [0.2, 0.25) is 4.77 Å². The largest absolute Gasteiger partial charge is 0.496 e. The molecular formula is C18H17IN4O2S. The molecule has 26 heavy (non-hydrogen) atoms. The van der Waals surface area contributed by atoms with Crippen LogP contribution in [0.3, 0.4) is 0 Å². The maximum atomic E-state index is 5.87. The molecule has 0 spiro atoms. The van der Waals surface area contributed by atoms with Crippen molar-refractivity contribution >= 4 is 41.0 Å². The van der Waals surface area contributed by atoms with Gasteiger partial charge in [-0.2, -0.15) is 14.9 Å². The summed E-state index contributed by atoms with van der Waals surface area (Å²) in [5.74, 6) is 2.28. The van der Waals surface area contributed by atoms with E-state index in [2.05, 4.69) is 37.9 Å². The molecule has 0 fully saturated rings. The van der Waals surface area contributed by atoms with Crippen molar-refractivity contribution in [3.05, 3.63) is 67.8 Å². The molecule has 0 radical (unpaired) electrons. The van der Waals surface area contributed by atoms with Crippen molar-refractivity contribution in [1.82, 2.24) is 14.9 Å². The first-order valence-corrected chi connectivity index (χ1v) is 9.29. The summed E-state index contributed by atoms with van der Waals surface area (Å²) in [7, 11) is 1.64. The number of aromatic nitrogens is 3. The fourth-order valence-corrected chi connectivity index (χ4v) is 2.90. The molecule has 0 aliphatic heterocycles. The number of hydrogen-bond donors (Lipinski definition) is 1. The smallest absolute Gasteiger partial charge is 0.216 e. The molecule has 0 unspecified atom stereocenters. The highest BCUT2D eigenvalue weighted by Gasteiger charge is 2.06. The van der Waals surface area contributed by atoms with Crippen molar-refractivity contribution in [1.29, 1.82) is 0 Å². The predicted molar refractivity (Wildman–Crippen MR) is 112 cm³/mol. The second-order valence-corrected chi connectivity index (χ2v) is 7.08. The number of ether oxygens (including phenoxy) is 2. The summed E-state index contributed by atoms with van der Waals surface area (Å²) in [4.78, 5) is 0. The Morgan fingerprint density at radius 1 is 1.27 bits per heavy atom. The summed E-state index contributed by atoms with van der Waals surface area (Å²) in [6.07, 6.45) is 1.73. The van der Waals surface area contributed by atoms with E-state index >= 15 is 0 Å². The van der Waals surface area contributed by atoms with E-state index in [4.69, 9.17) is 21.7 Å². The number of halogens is 1. The third kappa shape index (κ3) is 4.50. The van der Waals surface area contributed by atoms with Crippen LogP contribution in [0, 0.1) is 15.3 Å². The molecule has 0 aliphatic rings. The second-order valence-electron chi connectivity index (χ2n) is 5.45. The molecule has 0 aliphatic carbocycles. The summed E-state index contributed by atoms with van der Waals surface area (Å²) >= 11 is 7.41. The number of nitrogens with one attached hydrogen (secondary N) is 1. The first-order chi connectivity index (χ1) is 12.6. The Labute approximate surface area is 170 Å². The topological polar surface area (TPSA) is 64.4 Å². The lowest BCUT2D eigenvalue weighted by Crippen LogP contribution is -2.00. The van der Waals surface area contributed by atoms with Crippen LogP contribution in [0.1, 0.15) is 17.0 Å². The molecular weight excluding hydrogens is 463 g/mol. The minimum atomic E-state index is 0.398. The van der Waals surface area contributed by atoms with Gasteiger partial charge in [-0.15, -0.1) is 0 Å². The average Bonchev–Trinajstić information content (AvgIpc) is 2.97. The van der Waals surface area contributed by atoms with E-state index in [9.17, 15) is 0 Å². The molecule has 1 aromatic heterocycles. The minimum absolute atomic E-state index is 0.398. The summed E-state index contributed by atoms with van der Waals surface area (Å²) in [5, 5.41) is 11.1. The Morgan fingerprint density at radius 3 is 2.69 bits per heavy atom. The normalized spacial score (nSPS) is 11.0. The lowest BCUT2D eigenvalue weighted by molar-refractivity contribution is 0.296. The predicted octanol–water partition coefficient (Wildman–Crippen LogP) is 4.32. The maximum Gasteiger partial charge on any atom is 0.216 e. The molecule has 6 nitrogen and oxygen atoms in total. The van der Waals surface area contributed by atoms with Gasteiger partial charge in [0, 0.05) is 9.13 Å². The van der Waals surface area contributed by atoms with Crippen molar-refractivity contribution in [2.45, 2.75) is 13.5 Å². The van der Waals surface area contributed by atoms with E-state index in [-0.39, 0.29) is 0 Å². The fourth-order valence-electron chi connectivity index (χ4n) is 2.31. The highest BCUT2D eigenvalue weighted by Crippen LogP contribution is 2.22. The third-order valence-corrected chi connectivity index (χ3v) is 4.63. The maximum absolute atomic E-state index is 5.87. The van der Waals surface area contributed by atoms with E-state index in [0.29, 0.717) is 17.2 Å². The van der Waals surface area contributed by atoms with E-state index in [1.165, 1.54) is 3.57 Å². The molecule has 2 aromatic carbocycles. The molecule has 0 saturated heterocycles. The van der Waals surface area contributed by atoms with Gasteiger partial charge in [0.05, 0.1) is 13.3 Å². The Hall–Kier alpha value is -2.20. The minimum Gasteiger partial charge on any atom is -0.496 e. The molecule has 0 atom stereocenters. The highest BCUT2D eigenvalue weighted by molar-refractivity contribution is 14.1. The van der Waals surface area contributed by atoms with Crippen molar-refractivity contribution in [2.24, 2.45) is 5.10 Å². The van der Waals surface area contributed by atoms with Crippen LogP contribution in [-0.4, -0.2) is 28.2 Å². The first kappa shape index (κ1) is 18.6. The zero-order valence-electron chi connectivity index (χ0n) is 14.3. The van der Waals surface area contributed by atoms with Gasteiger partial charge in [0.15, 0.2) is 0 Å². The number of hydrogen-bond acceptors (Lipinski definition) is 5. The molecule has 1 N–H and O–H groups in total. The van der Waals surface area contributed by atoms with Crippen LogP contribution in [0.2, 0.25) is 0 Å². The lowest BCUT2D eigenvalue weighted by Gasteiger charge is -2.11. The molecule has 3 aromatic rings. The molecule has 134 valence electrons.